The number of methoxy groups -OCH3 is 2. The van der Waals surface area contributed by atoms with E-state index in [4.69, 9.17) is 21.1 Å². The predicted molar refractivity (Wildman–Crippen MR) is 116 cm³/mol. The Morgan fingerprint density at radius 2 is 1.84 bits per heavy atom. The maximum absolute atomic E-state index is 13.1. The quantitative estimate of drug-likeness (QED) is 0.403. The lowest BCUT2D eigenvalue weighted by molar-refractivity contribution is -0.122. The van der Waals surface area contributed by atoms with Crippen molar-refractivity contribution in [3.63, 3.8) is 0 Å². The Morgan fingerprint density at radius 3 is 2.45 bits per heavy atom. The summed E-state index contributed by atoms with van der Waals surface area (Å²) >= 11 is 6.11. The number of carbonyl (C=O) groups is 3. The summed E-state index contributed by atoms with van der Waals surface area (Å²) in [5.41, 5.74) is 0.818. The van der Waals surface area contributed by atoms with Crippen LogP contribution in [0.2, 0.25) is 5.02 Å². The van der Waals surface area contributed by atoms with Gasteiger partial charge in [-0.15, -0.1) is 6.58 Å². The van der Waals surface area contributed by atoms with Crippen LogP contribution in [-0.4, -0.2) is 37.2 Å². The van der Waals surface area contributed by atoms with Gasteiger partial charge in [0.1, 0.15) is 11.3 Å². The molecule has 8 nitrogen and oxygen atoms in total. The molecule has 1 heterocycles. The molecule has 160 valence electrons. The molecule has 1 saturated heterocycles. The number of barbiturate groups is 1. The fourth-order valence-corrected chi connectivity index (χ4v) is 3.34. The zero-order valence-corrected chi connectivity index (χ0v) is 17.5. The van der Waals surface area contributed by atoms with E-state index in [1.165, 1.54) is 44.6 Å². The van der Waals surface area contributed by atoms with Gasteiger partial charge >= 0.3 is 6.03 Å². The number of aromatic hydroxyl groups is 1. The first-order chi connectivity index (χ1) is 14.8. The average Bonchev–Trinajstić information content (AvgIpc) is 2.73. The molecular formula is C22H19ClN2O6. The van der Waals surface area contributed by atoms with Crippen molar-refractivity contribution >= 4 is 41.2 Å². The molecule has 2 N–H and O–H groups in total. The summed E-state index contributed by atoms with van der Waals surface area (Å²) in [6.07, 6.45) is 3.25. The number of hydrogen-bond donors (Lipinski definition) is 2. The molecular weight excluding hydrogens is 424 g/mol. The van der Waals surface area contributed by atoms with E-state index >= 15 is 0 Å². The number of nitrogens with one attached hydrogen (secondary N) is 1. The second-order valence-electron chi connectivity index (χ2n) is 6.50. The molecule has 9 heteroatoms. The van der Waals surface area contributed by atoms with Gasteiger partial charge in [-0.25, -0.2) is 9.69 Å². The van der Waals surface area contributed by atoms with Crippen LogP contribution in [0.5, 0.6) is 17.2 Å². The summed E-state index contributed by atoms with van der Waals surface area (Å²) in [5, 5.41) is 12.6. The van der Waals surface area contributed by atoms with Gasteiger partial charge in [0, 0.05) is 5.56 Å². The van der Waals surface area contributed by atoms with Crippen LogP contribution in [-0.2, 0) is 16.0 Å². The number of allylic oxidation sites excluding steroid dienone is 1. The van der Waals surface area contributed by atoms with E-state index in [-0.39, 0.29) is 27.8 Å². The minimum atomic E-state index is -0.899. The Bertz CT molecular complexity index is 1130. The summed E-state index contributed by atoms with van der Waals surface area (Å²) in [6.45, 7) is 3.64. The molecule has 0 spiro atoms. The third-order valence-corrected chi connectivity index (χ3v) is 4.86. The molecule has 0 unspecified atom stereocenters. The first kappa shape index (κ1) is 21.9. The molecule has 4 amide bonds. The van der Waals surface area contributed by atoms with Gasteiger partial charge in [0.25, 0.3) is 11.8 Å². The van der Waals surface area contributed by atoms with Crippen LogP contribution in [0.3, 0.4) is 0 Å². The van der Waals surface area contributed by atoms with Crippen molar-refractivity contribution in [2.24, 2.45) is 0 Å². The van der Waals surface area contributed by atoms with E-state index < -0.39 is 17.8 Å². The number of nitrogens with zero attached hydrogens (tertiary/aromatic N) is 1. The maximum atomic E-state index is 13.1. The number of phenols is 1. The van der Waals surface area contributed by atoms with E-state index in [0.29, 0.717) is 23.3 Å². The molecule has 2 aromatic rings. The monoisotopic (exact) mass is 442 g/mol. The van der Waals surface area contributed by atoms with Crippen molar-refractivity contribution in [1.82, 2.24) is 5.32 Å². The van der Waals surface area contributed by atoms with Crippen molar-refractivity contribution in [3.05, 3.63) is 64.7 Å². The number of amides is 4. The van der Waals surface area contributed by atoms with Crippen molar-refractivity contribution in [2.45, 2.75) is 6.42 Å². The first-order valence-corrected chi connectivity index (χ1v) is 9.44. The molecule has 0 radical (unpaired) electrons. The lowest BCUT2D eigenvalue weighted by atomic mass is 10.0. The number of urea groups is 1. The van der Waals surface area contributed by atoms with Crippen LogP contribution in [0.4, 0.5) is 10.5 Å². The number of hydrogen-bond acceptors (Lipinski definition) is 6. The summed E-state index contributed by atoms with van der Waals surface area (Å²) in [5.74, 6) is -1.19. The number of ether oxygens (including phenoxy) is 2. The van der Waals surface area contributed by atoms with Gasteiger partial charge in [0.2, 0.25) is 0 Å². The Hall–Kier alpha value is -3.78. The summed E-state index contributed by atoms with van der Waals surface area (Å²) < 4.78 is 10.2. The lowest BCUT2D eigenvalue weighted by Gasteiger charge is -2.26. The zero-order chi connectivity index (χ0) is 22.7. The molecule has 1 aliphatic heterocycles. The molecule has 1 aliphatic rings. The Labute approximate surface area is 183 Å². The second-order valence-corrected chi connectivity index (χ2v) is 6.91. The number of anilines is 1. The van der Waals surface area contributed by atoms with Crippen LogP contribution in [0.15, 0.2) is 48.6 Å². The predicted octanol–water partition coefficient (Wildman–Crippen LogP) is 3.46. The van der Waals surface area contributed by atoms with Crippen molar-refractivity contribution < 1.29 is 29.0 Å². The second kappa shape index (κ2) is 8.93. The van der Waals surface area contributed by atoms with E-state index in [2.05, 4.69) is 11.9 Å². The highest BCUT2D eigenvalue weighted by molar-refractivity contribution is 6.39. The largest absolute Gasteiger partial charge is 0.504 e. The fraction of sp³-hybridized carbons (Fsp3) is 0.136. The molecule has 3 rings (SSSR count). The normalized spacial score (nSPS) is 15.1. The van der Waals surface area contributed by atoms with Gasteiger partial charge in [-0.2, -0.15) is 0 Å². The van der Waals surface area contributed by atoms with Crippen LogP contribution < -0.4 is 19.7 Å². The highest BCUT2D eigenvalue weighted by Gasteiger charge is 2.37. The SMILES string of the molecule is C=CCc1cc(C=C2C(=O)NC(=O)N(c3ccc(OC)c(Cl)c3)C2=O)cc(OC)c1O. The number of imide groups is 2. The number of halogens is 1. The number of carbonyl (C=O) groups excluding carboxylic acids is 3. The molecule has 0 bridgehead atoms. The van der Waals surface area contributed by atoms with Gasteiger partial charge < -0.3 is 14.6 Å². The summed E-state index contributed by atoms with van der Waals surface area (Å²) in [7, 11) is 2.82. The Kier molecular flexibility index (Phi) is 6.31. The van der Waals surface area contributed by atoms with E-state index in [9.17, 15) is 19.5 Å². The lowest BCUT2D eigenvalue weighted by Crippen LogP contribution is -2.54. The summed E-state index contributed by atoms with van der Waals surface area (Å²) in [6, 6.07) is 6.53. The molecule has 31 heavy (non-hydrogen) atoms. The molecule has 0 atom stereocenters. The third-order valence-electron chi connectivity index (χ3n) is 4.57. The van der Waals surface area contributed by atoms with Gasteiger partial charge in [-0.3, -0.25) is 14.9 Å². The molecule has 0 aliphatic carbocycles. The molecule has 0 saturated carbocycles. The maximum Gasteiger partial charge on any atom is 0.335 e. The number of phenolic OH excluding ortho intramolecular Hbond substituents is 1. The third kappa shape index (κ3) is 4.24. The highest BCUT2D eigenvalue weighted by Crippen LogP contribution is 2.34. The Morgan fingerprint density at radius 1 is 1.13 bits per heavy atom. The van der Waals surface area contributed by atoms with Gasteiger partial charge in [0.15, 0.2) is 11.5 Å². The smallest absolute Gasteiger partial charge is 0.335 e. The zero-order valence-electron chi connectivity index (χ0n) is 16.8. The standard InChI is InChI=1S/C22H19ClN2O6/c1-4-5-13-8-12(10-18(31-3)19(13)26)9-15-20(27)24-22(29)25(21(15)28)14-6-7-17(30-2)16(23)11-14/h4,6-11,26H,1,5H2,2-3H3,(H,24,27,29). The van der Waals surface area contributed by atoms with Crippen molar-refractivity contribution in [1.29, 1.82) is 0 Å². The highest BCUT2D eigenvalue weighted by atomic mass is 35.5. The van der Waals surface area contributed by atoms with E-state index in [1.807, 2.05) is 0 Å². The van der Waals surface area contributed by atoms with Crippen LogP contribution in [0.25, 0.3) is 6.08 Å². The van der Waals surface area contributed by atoms with Gasteiger partial charge in [-0.05, 0) is 48.4 Å². The first-order valence-electron chi connectivity index (χ1n) is 9.06. The molecule has 0 aromatic heterocycles. The molecule has 1 fully saturated rings. The van der Waals surface area contributed by atoms with Crippen molar-refractivity contribution in [2.75, 3.05) is 19.1 Å². The summed E-state index contributed by atoms with van der Waals surface area (Å²) in [4.78, 5) is 38.6. The van der Waals surface area contributed by atoms with Crippen LogP contribution in [0.1, 0.15) is 11.1 Å². The minimum Gasteiger partial charge on any atom is -0.504 e. The fourth-order valence-electron chi connectivity index (χ4n) is 3.09. The average molecular weight is 443 g/mol. The number of rotatable bonds is 6. The topological polar surface area (TPSA) is 105 Å². The van der Waals surface area contributed by atoms with Crippen LogP contribution in [0, 0.1) is 0 Å². The van der Waals surface area contributed by atoms with E-state index in [1.54, 1.807) is 12.1 Å². The Balaban J connectivity index is 2.06. The van der Waals surface area contributed by atoms with Crippen LogP contribution >= 0.6 is 11.6 Å². The van der Waals surface area contributed by atoms with E-state index in [0.717, 1.165) is 4.90 Å². The minimum absolute atomic E-state index is 0.0614. The molecule has 2 aromatic carbocycles. The van der Waals surface area contributed by atoms with Gasteiger partial charge in [-0.1, -0.05) is 17.7 Å². The van der Waals surface area contributed by atoms with Gasteiger partial charge in [0.05, 0.1) is 24.9 Å². The van der Waals surface area contributed by atoms with Crippen molar-refractivity contribution in [3.8, 4) is 17.2 Å². The number of benzene rings is 2.